The van der Waals surface area contributed by atoms with Crippen LogP contribution in [0, 0.1) is 12.7 Å². The van der Waals surface area contributed by atoms with Gasteiger partial charge >= 0.3 is 0 Å². The van der Waals surface area contributed by atoms with Crippen molar-refractivity contribution in [1.82, 2.24) is 4.98 Å². The third-order valence-electron chi connectivity index (χ3n) is 5.07. The Bertz CT molecular complexity index is 1030. The summed E-state index contributed by atoms with van der Waals surface area (Å²) < 4.78 is 13.9. The highest BCUT2D eigenvalue weighted by molar-refractivity contribution is 6.33. The van der Waals surface area contributed by atoms with Crippen LogP contribution in [0.4, 0.5) is 4.39 Å². The molecule has 126 valence electrons. The van der Waals surface area contributed by atoms with Gasteiger partial charge in [0, 0.05) is 33.7 Å². The number of hydrogen-bond donors (Lipinski definition) is 0. The maximum atomic E-state index is 13.9. The summed E-state index contributed by atoms with van der Waals surface area (Å²) in [4.78, 5) is 9.22. The van der Waals surface area contributed by atoms with E-state index in [4.69, 9.17) is 16.6 Å². The van der Waals surface area contributed by atoms with E-state index in [-0.39, 0.29) is 17.8 Å². The number of aliphatic imine (C=N–C) groups is 1. The zero-order chi connectivity index (χ0) is 17.7. The smallest absolute Gasteiger partial charge is 0.149 e. The monoisotopic (exact) mass is 352 g/mol. The summed E-state index contributed by atoms with van der Waals surface area (Å²) in [5.41, 5.74) is 5.39. The van der Waals surface area contributed by atoms with Crippen LogP contribution in [0.5, 0.6) is 0 Å². The summed E-state index contributed by atoms with van der Waals surface area (Å²) in [5.74, 6) is -0.0623. The SMILES string of the molecule is Cc1ccc2c(c1Cl)[C@H](C)[C@H](C)N=C2c1cnc2c(F)cccc2c1. The maximum Gasteiger partial charge on any atom is 0.149 e. The number of aromatic nitrogens is 1. The van der Waals surface area contributed by atoms with Gasteiger partial charge in [0.05, 0.1) is 11.8 Å². The molecular formula is C21H18ClFN2. The fourth-order valence-electron chi connectivity index (χ4n) is 3.46. The van der Waals surface area contributed by atoms with Crippen molar-refractivity contribution in [2.45, 2.75) is 32.7 Å². The molecule has 4 heteroatoms. The molecule has 1 aliphatic heterocycles. The molecule has 0 aliphatic carbocycles. The van der Waals surface area contributed by atoms with Gasteiger partial charge in [-0.3, -0.25) is 9.98 Å². The van der Waals surface area contributed by atoms with Gasteiger partial charge in [0.15, 0.2) is 0 Å². The molecule has 2 nitrogen and oxygen atoms in total. The van der Waals surface area contributed by atoms with Crippen LogP contribution in [-0.4, -0.2) is 16.7 Å². The fraction of sp³-hybridized carbons (Fsp3) is 0.238. The van der Waals surface area contributed by atoms with Gasteiger partial charge in [0.25, 0.3) is 0 Å². The first-order valence-electron chi connectivity index (χ1n) is 8.39. The van der Waals surface area contributed by atoms with E-state index in [2.05, 4.69) is 24.9 Å². The molecule has 25 heavy (non-hydrogen) atoms. The van der Waals surface area contributed by atoms with Crippen LogP contribution in [0.3, 0.4) is 0 Å². The topological polar surface area (TPSA) is 25.2 Å². The van der Waals surface area contributed by atoms with Crippen molar-refractivity contribution < 1.29 is 4.39 Å². The van der Waals surface area contributed by atoms with Gasteiger partial charge in [-0.2, -0.15) is 0 Å². The average molecular weight is 353 g/mol. The predicted molar refractivity (Wildman–Crippen MR) is 101 cm³/mol. The Morgan fingerprint density at radius 1 is 1.12 bits per heavy atom. The lowest BCUT2D eigenvalue weighted by atomic mass is 9.83. The second kappa shape index (κ2) is 5.92. The van der Waals surface area contributed by atoms with E-state index in [0.717, 1.165) is 38.4 Å². The molecule has 1 aliphatic rings. The number of nitrogens with zero attached hydrogens (tertiary/aromatic N) is 2. The summed E-state index contributed by atoms with van der Waals surface area (Å²) in [6.07, 6.45) is 1.70. The fourth-order valence-corrected chi connectivity index (χ4v) is 3.80. The second-order valence-corrected chi connectivity index (χ2v) is 7.08. The molecule has 0 N–H and O–H groups in total. The first-order chi connectivity index (χ1) is 12.0. The normalized spacial score (nSPS) is 19.6. The van der Waals surface area contributed by atoms with E-state index in [0.29, 0.717) is 5.52 Å². The number of para-hydroxylation sites is 1. The molecule has 0 amide bonds. The zero-order valence-corrected chi connectivity index (χ0v) is 15.1. The molecule has 0 bridgehead atoms. The van der Waals surface area contributed by atoms with Crippen LogP contribution in [0.15, 0.2) is 47.6 Å². The molecule has 2 heterocycles. The van der Waals surface area contributed by atoms with Crippen LogP contribution in [0.2, 0.25) is 5.02 Å². The van der Waals surface area contributed by atoms with Crippen molar-refractivity contribution >= 4 is 28.2 Å². The Labute approximate surface area is 151 Å². The lowest BCUT2D eigenvalue weighted by molar-refractivity contribution is 0.605. The van der Waals surface area contributed by atoms with E-state index < -0.39 is 0 Å². The minimum atomic E-state index is -0.310. The van der Waals surface area contributed by atoms with Gasteiger partial charge in [-0.15, -0.1) is 0 Å². The quantitative estimate of drug-likeness (QED) is 0.553. The van der Waals surface area contributed by atoms with E-state index in [1.165, 1.54) is 6.07 Å². The van der Waals surface area contributed by atoms with Crippen LogP contribution in [0.1, 0.15) is 42.0 Å². The summed E-state index contributed by atoms with van der Waals surface area (Å²) in [6.45, 7) is 6.27. The Balaban J connectivity index is 1.94. The Kier molecular flexibility index (Phi) is 3.84. The minimum absolute atomic E-state index is 0.116. The standard InChI is InChI=1S/C21H18ClFN2/c1-11-7-8-16-18(19(11)22)12(2)13(3)25-20(16)15-9-14-5-4-6-17(23)21(14)24-10-15/h4-10,12-13H,1-3H3/t12-,13+/m1/s1. The van der Waals surface area contributed by atoms with E-state index in [9.17, 15) is 4.39 Å². The molecule has 3 aromatic rings. The minimum Gasteiger partial charge on any atom is -0.280 e. The molecule has 2 atom stereocenters. The number of halogens is 2. The number of aryl methyl sites for hydroxylation is 1. The molecule has 1 aromatic heterocycles. The van der Waals surface area contributed by atoms with Crippen molar-refractivity contribution in [3.63, 3.8) is 0 Å². The first kappa shape index (κ1) is 16.2. The highest BCUT2D eigenvalue weighted by Gasteiger charge is 2.28. The van der Waals surface area contributed by atoms with Crippen molar-refractivity contribution in [1.29, 1.82) is 0 Å². The van der Waals surface area contributed by atoms with Crippen LogP contribution < -0.4 is 0 Å². The third kappa shape index (κ3) is 2.54. The van der Waals surface area contributed by atoms with Gasteiger partial charge < -0.3 is 0 Å². The van der Waals surface area contributed by atoms with Crippen molar-refractivity contribution in [3.8, 4) is 0 Å². The van der Waals surface area contributed by atoms with Gasteiger partial charge in [-0.25, -0.2) is 4.39 Å². The number of pyridine rings is 1. The number of fused-ring (bicyclic) bond motifs is 2. The van der Waals surface area contributed by atoms with Crippen LogP contribution in [0.25, 0.3) is 10.9 Å². The summed E-state index contributed by atoms with van der Waals surface area (Å²) in [7, 11) is 0. The lowest BCUT2D eigenvalue weighted by Crippen LogP contribution is -2.24. The average Bonchev–Trinajstić information content (AvgIpc) is 2.60. The second-order valence-electron chi connectivity index (χ2n) is 6.70. The van der Waals surface area contributed by atoms with Crippen molar-refractivity contribution in [3.05, 3.63) is 75.7 Å². The summed E-state index contributed by atoms with van der Waals surface area (Å²) in [6, 6.07) is 11.2. The predicted octanol–water partition coefficient (Wildman–Crippen LogP) is 5.68. The van der Waals surface area contributed by atoms with Crippen molar-refractivity contribution in [2.24, 2.45) is 4.99 Å². The number of rotatable bonds is 1. The third-order valence-corrected chi connectivity index (χ3v) is 5.58. The van der Waals surface area contributed by atoms with Crippen LogP contribution >= 0.6 is 11.6 Å². The first-order valence-corrected chi connectivity index (χ1v) is 8.77. The highest BCUT2D eigenvalue weighted by atomic mass is 35.5. The summed E-state index contributed by atoms with van der Waals surface area (Å²) >= 11 is 6.62. The van der Waals surface area contributed by atoms with Gasteiger partial charge in [-0.1, -0.05) is 42.8 Å². The van der Waals surface area contributed by atoms with Crippen LogP contribution in [-0.2, 0) is 0 Å². The van der Waals surface area contributed by atoms with E-state index in [1.807, 2.05) is 25.1 Å². The van der Waals surface area contributed by atoms with Gasteiger partial charge in [-0.05, 0) is 37.1 Å². The Morgan fingerprint density at radius 3 is 2.72 bits per heavy atom. The Hall–Kier alpha value is -2.26. The molecule has 2 aromatic carbocycles. The maximum absolute atomic E-state index is 13.9. The largest absolute Gasteiger partial charge is 0.280 e. The van der Waals surface area contributed by atoms with E-state index in [1.54, 1.807) is 12.3 Å². The molecule has 0 fully saturated rings. The van der Waals surface area contributed by atoms with Gasteiger partial charge in [0.2, 0.25) is 0 Å². The molecule has 0 unspecified atom stereocenters. The molecule has 4 rings (SSSR count). The molecule has 0 saturated heterocycles. The lowest BCUT2D eigenvalue weighted by Gasteiger charge is -2.29. The van der Waals surface area contributed by atoms with E-state index >= 15 is 0 Å². The number of hydrogen-bond acceptors (Lipinski definition) is 2. The number of benzene rings is 2. The van der Waals surface area contributed by atoms with Gasteiger partial charge in [0.1, 0.15) is 11.3 Å². The zero-order valence-electron chi connectivity index (χ0n) is 14.3. The summed E-state index contributed by atoms with van der Waals surface area (Å²) in [5, 5.41) is 1.58. The Morgan fingerprint density at radius 2 is 1.92 bits per heavy atom. The molecule has 0 saturated carbocycles. The van der Waals surface area contributed by atoms with Crippen molar-refractivity contribution in [2.75, 3.05) is 0 Å². The molecule has 0 radical (unpaired) electrons. The molecular weight excluding hydrogens is 335 g/mol. The highest BCUT2D eigenvalue weighted by Crippen LogP contribution is 2.38. The molecule has 0 spiro atoms.